The number of aryl methyl sites for hydroxylation is 1. The van der Waals surface area contributed by atoms with Gasteiger partial charge in [-0.05, 0) is 37.1 Å². The summed E-state index contributed by atoms with van der Waals surface area (Å²) in [7, 11) is 0. The first-order valence-corrected chi connectivity index (χ1v) is 8.44. The Morgan fingerprint density at radius 1 is 1.21 bits per heavy atom. The lowest BCUT2D eigenvalue weighted by Crippen LogP contribution is -2.35. The molecule has 5 heteroatoms. The Labute approximate surface area is 140 Å². The van der Waals surface area contributed by atoms with Crippen molar-refractivity contribution in [3.8, 4) is 0 Å². The number of carbonyl (C=O) groups is 1. The van der Waals surface area contributed by atoms with Gasteiger partial charge < -0.3 is 9.47 Å². The molecule has 0 N–H and O–H groups in total. The number of nitrogens with zero attached hydrogens (tertiary/aromatic N) is 4. The highest BCUT2D eigenvalue weighted by atomic mass is 16.2. The first-order valence-electron chi connectivity index (χ1n) is 8.44. The molecule has 0 fully saturated rings. The Balaban J connectivity index is 1.71. The molecule has 3 aromatic rings. The summed E-state index contributed by atoms with van der Waals surface area (Å²) >= 11 is 0. The third-order valence-corrected chi connectivity index (χ3v) is 4.72. The Morgan fingerprint density at radius 3 is 3.00 bits per heavy atom. The Hall–Kier alpha value is -2.69. The molecule has 122 valence electrons. The van der Waals surface area contributed by atoms with Crippen LogP contribution in [0.25, 0.3) is 10.9 Å². The van der Waals surface area contributed by atoms with E-state index < -0.39 is 0 Å². The summed E-state index contributed by atoms with van der Waals surface area (Å²) in [4.78, 5) is 24.0. The van der Waals surface area contributed by atoms with Crippen molar-refractivity contribution in [1.29, 1.82) is 0 Å². The van der Waals surface area contributed by atoms with E-state index in [0.717, 1.165) is 42.7 Å². The van der Waals surface area contributed by atoms with Crippen LogP contribution in [0, 0.1) is 0 Å². The molecule has 0 radical (unpaired) electrons. The number of carbonyl (C=O) groups excluding carboxylic acids is 1. The molecule has 1 aromatic carbocycles. The van der Waals surface area contributed by atoms with Crippen molar-refractivity contribution >= 4 is 16.8 Å². The maximum absolute atomic E-state index is 13.2. The lowest BCUT2D eigenvalue weighted by atomic mass is 10.1. The molecular weight excluding hydrogens is 300 g/mol. The summed E-state index contributed by atoms with van der Waals surface area (Å²) in [5.41, 5.74) is 1.63. The summed E-state index contributed by atoms with van der Waals surface area (Å²) in [6, 6.07) is 9.65. The smallest absolute Gasteiger partial charge is 0.254 e. The molecule has 5 nitrogen and oxygen atoms in total. The molecular formula is C19H20N4O. The average molecular weight is 320 g/mol. The van der Waals surface area contributed by atoms with Crippen LogP contribution in [0.5, 0.6) is 0 Å². The number of pyridine rings is 1. The summed E-state index contributed by atoms with van der Waals surface area (Å²) in [5.74, 6) is 1.06. The molecule has 24 heavy (non-hydrogen) atoms. The first kappa shape index (κ1) is 14.9. The van der Waals surface area contributed by atoms with Crippen molar-refractivity contribution in [3.05, 3.63) is 60.3 Å². The van der Waals surface area contributed by atoms with Gasteiger partial charge in [-0.3, -0.25) is 9.78 Å². The van der Waals surface area contributed by atoms with Gasteiger partial charge in [-0.25, -0.2) is 4.98 Å². The van der Waals surface area contributed by atoms with Gasteiger partial charge in [0.15, 0.2) is 0 Å². The quantitative estimate of drug-likeness (QED) is 0.727. The van der Waals surface area contributed by atoms with E-state index in [2.05, 4.69) is 21.5 Å². The standard InChI is InChI=1S/C19H20N4O/c1-2-17-18-21-9-12-22(18)10-4-11-23(17)19(24)15-6-7-16-14(13-15)5-3-8-20-16/h3,5-9,12-13,17H,2,4,10-11H2,1H3. The van der Waals surface area contributed by atoms with Crippen LogP contribution in [0.3, 0.4) is 0 Å². The number of benzene rings is 1. The highest BCUT2D eigenvalue weighted by Gasteiger charge is 2.29. The number of aromatic nitrogens is 3. The first-order chi connectivity index (χ1) is 11.8. The second-order valence-corrected chi connectivity index (χ2v) is 6.17. The number of hydrogen-bond donors (Lipinski definition) is 0. The topological polar surface area (TPSA) is 51.0 Å². The van der Waals surface area contributed by atoms with E-state index in [1.54, 1.807) is 6.20 Å². The fourth-order valence-corrected chi connectivity index (χ4v) is 3.53. The van der Waals surface area contributed by atoms with Gasteiger partial charge in [0.05, 0.1) is 11.6 Å². The van der Waals surface area contributed by atoms with Crippen molar-refractivity contribution in [1.82, 2.24) is 19.4 Å². The number of rotatable bonds is 2. The highest BCUT2D eigenvalue weighted by molar-refractivity contribution is 5.98. The Bertz CT molecular complexity index is 886. The van der Waals surface area contributed by atoms with Crippen LogP contribution in [0.2, 0.25) is 0 Å². The monoisotopic (exact) mass is 320 g/mol. The number of hydrogen-bond acceptors (Lipinski definition) is 3. The van der Waals surface area contributed by atoms with Crippen LogP contribution in [0.15, 0.2) is 48.9 Å². The van der Waals surface area contributed by atoms with E-state index >= 15 is 0 Å². The molecule has 1 atom stereocenters. The van der Waals surface area contributed by atoms with Gasteiger partial charge in [0.25, 0.3) is 5.91 Å². The Morgan fingerprint density at radius 2 is 2.12 bits per heavy atom. The third-order valence-electron chi connectivity index (χ3n) is 4.72. The highest BCUT2D eigenvalue weighted by Crippen LogP contribution is 2.28. The summed E-state index contributed by atoms with van der Waals surface area (Å²) in [6.07, 6.45) is 7.41. The van der Waals surface area contributed by atoms with Crippen molar-refractivity contribution in [2.45, 2.75) is 32.4 Å². The zero-order chi connectivity index (χ0) is 16.5. The van der Waals surface area contributed by atoms with E-state index in [4.69, 9.17) is 0 Å². The molecule has 3 heterocycles. The van der Waals surface area contributed by atoms with Crippen molar-refractivity contribution in [2.24, 2.45) is 0 Å². The van der Waals surface area contributed by atoms with Crippen molar-refractivity contribution in [2.75, 3.05) is 6.54 Å². The van der Waals surface area contributed by atoms with Gasteiger partial charge in [0.2, 0.25) is 0 Å². The van der Waals surface area contributed by atoms with E-state index in [1.165, 1.54) is 0 Å². The summed E-state index contributed by atoms with van der Waals surface area (Å²) in [6.45, 7) is 3.78. The summed E-state index contributed by atoms with van der Waals surface area (Å²) < 4.78 is 2.17. The zero-order valence-electron chi connectivity index (χ0n) is 13.7. The zero-order valence-corrected chi connectivity index (χ0v) is 13.7. The molecule has 0 aliphatic carbocycles. The second-order valence-electron chi connectivity index (χ2n) is 6.17. The molecule has 1 aliphatic rings. The molecule has 0 saturated heterocycles. The largest absolute Gasteiger partial charge is 0.333 e. The van der Waals surface area contributed by atoms with Crippen LogP contribution in [-0.4, -0.2) is 31.9 Å². The van der Waals surface area contributed by atoms with Crippen molar-refractivity contribution < 1.29 is 4.79 Å². The molecule has 1 aliphatic heterocycles. The molecule has 0 bridgehead atoms. The molecule has 0 spiro atoms. The number of fused-ring (bicyclic) bond motifs is 2. The van der Waals surface area contributed by atoms with Gasteiger partial charge in [0.1, 0.15) is 5.82 Å². The fourth-order valence-electron chi connectivity index (χ4n) is 3.53. The molecule has 1 amide bonds. The van der Waals surface area contributed by atoms with E-state index in [1.807, 2.05) is 47.6 Å². The lowest BCUT2D eigenvalue weighted by molar-refractivity contribution is 0.0671. The van der Waals surface area contributed by atoms with E-state index in [-0.39, 0.29) is 11.9 Å². The molecule has 4 rings (SSSR count). The van der Waals surface area contributed by atoms with Crippen LogP contribution < -0.4 is 0 Å². The normalized spacial score (nSPS) is 17.5. The van der Waals surface area contributed by atoms with Gasteiger partial charge in [-0.2, -0.15) is 0 Å². The maximum atomic E-state index is 13.2. The molecule has 0 saturated carbocycles. The van der Waals surface area contributed by atoms with E-state index in [0.29, 0.717) is 5.56 Å². The van der Waals surface area contributed by atoms with Crippen LogP contribution in [-0.2, 0) is 6.54 Å². The minimum absolute atomic E-state index is 0.0274. The van der Waals surface area contributed by atoms with Gasteiger partial charge in [0, 0.05) is 42.6 Å². The minimum Gasteiger partial charge on any atom is -0.333 e. The maximum Gasteiger partial charge on any atom is 0.254 e. The molecule has 2 aromatic heterocycles. The van der Waals surface area contributed by atoms with Crippen molar-refractivity contribution in [3.63, 3.8) is 0 Å². The number of amides is 1. The van der Waals surface area contributed by atoms with Crippen LogP contribution in [0.1, 0.15) is 42.0 Å². The van der Waals surface area contributed by atoms with E-state index in [9.17, 15) is 4.79 Å². The predicted octanol–water partition coefficient (Wildman–Crippen LogP) is 3.43. The predicted molar refractivity (Wildman–Crippen MR) is 92.7 cm³/mol. The molecule has 1 unspecified atom stereocenters. The number of imidazole rings is 1. The average Bonchev–Trinajstić information content (AvgIpc) is 3.01. The summed E-state index contributed by atoms with van der Waals surface area (Å²) in [5, 5.41) is 0.993. The van der Waals surface area contributed by atoms with Gasteiger partial charge in [-0.15, -0.1) is 0 Å². The van der Waals surface area contributed by atoms with Gasteiger partial charge in [-0.1, -0.05) is 13.0 Å². The lowest BCUT2D eigenvalue weighted by Gasteiger charge is -2.28. The van der Waals surface area contributed by atoms with Gasteiger partial charge >= 0.3 is 0 Å². The third kappa shape index (κ3) is 2.46. The minimum atomic E-state index is 0.0274. The SMILES string of the molecule is CCC1c2nccn2CCCN1C(=O)c1ccc2ncccc2c1. The fraction of sp³-hybridized carbons (Fsp3) is 0.316. The second kappa shape index (κ2) is 6.07. The van der Waals surface area contributed by atoms with Crippen LogP contribution in [0.4, 0.5) is 0 Å². The van der Waals surface area contributed by atoms with Crippen LogP contribution >= 0.6 is 0 Å². The Kier molecular flexibility index (Phi) is 3.76.